The molecule has 0 radical (unpaired) electrons. The Morgan fingerprint density at radius 1 is 1.42 bits per heavy atom. The molecule has 12 heavy (non-hydrogen) atoms. The van der Waals surface area contributed by atoms with Crippen molar-refractivity contribution in [2.75, 3.05) is 6.61 Å². The molecule has 1 heterocycles. The van der Waals surface area contributed by atoms with Crippen molar-refractivity contribution < 1.29 is 4.74 Å². The molecule has 0 N–H and O–H groups in total. The molecule has 0 unspecified atom stereocenters. The summed E-state index contributed by atoms with van der Waals surface area (Å²) in [5.41, 5.74) is 1.27. The second-order valence-corrected chi connectivity index (χ2v) is 2.78. The van der Waals surface area contributed by atoms with E-state index in [1.165, 1.54) is 5.57 Å². The monoisotopic (exact) mass is 163 g/mol. The maximum atomic E-state index is 5.40. The van der Waals surface area contributed by atoms with E-state index in [4.69, 9.17) is 4.74 Å². The number of ether oxygens (including phenoxy) is 1. The Hall–Kier alpha value is -1.31. The summed E-state index contributed by atoms with van der Waals surface area (Å²) in [4.78, 5) is 3.89. The average Bonchev–Trinajstić information content (AvgIpc) is 2.05. The molecule has 0 aliphatic carbocycles. The molecule has 0 aliphatic rings. The smallest absolute Gasteiger partial charge is 0.122 e. The number of pyridine rings is 1. The minimum absolute atomic E-state index is 0.631. The van der Waals surface area contributed by atoms with Gasteiger partial charge in [0, 0.05) is 12.4 Å². The fourth-order valence-corrected chi connectivity index (χ4v) is 0.739. The van der Waals surface area contributed by atoms with Crippen LogP contribution in [0.2, 0.25) is 0 Å². The standard InChI is InChI=1S/C10H13NO/c1-9(2)5-8-12-10-3-6-11-7-4-10/h3-7H,8H2,1-2H3. The van der Waals surface area contributed by atoms with Gasteiger partial charge >= 0.3 is 0 Å². The summed E-state index contributed by atoms with van der Waals surface area (Å²) in [5, 5.41) is 0. The first kappa shape index (κ1) is 8.78. The van der Waals surface area contributed by atoms with Crippen molar-refractivity contribution in [1.29, 1.82) is 0 Å². The van der Waals surface area contributed by atoms with Gasteiger partial charge in [0.05, 0.1) is 0 Å². The molecule has 0 aliphatic heterocycles. The molecule has 1 aromatic rings. The number of rotatable bonds is 3. The third kappa shape index (κ3) is 3.19. The predicted molar refractivity (Wildman–Crippen MR) is 49.2 cm³/mol. The van der Waals surface area contributed by atoms with E-state index < -0.39 is 0 Å². The van der Waals surface area contributed by atoms with Gasteiger partial charge in [0.25, 0.3) is 0 Å². The predicted octanol–water partition coefficient (Wildman–Crippen LogP) is 2.43. The Labute approximate surface area is 72.9 Å². The van der Waals surface area contributed by atoms with Crippen molar-refractivity contribution in [1.82, 2.24) is 4.98 Å². The number of aromatic nitrogens is 1. The molecule has 0 aromatic carbocycles. The lowest BCUT2D eigenvalue weighted by Gasteiger charge is -2.01. The van der Waals surface area contributed by atoms with Gasteiger partial charge in [-0.2, -0.15) is 0 Å². The largest absolute Gasteiger partial charge is 0.489 e. The molecule has 1 aromatic heterocycles. The van der Waals surface area contributed by atoms with Crippen LogP contribution in [0.25, 0.3) is 0 Å². The van der Waals surface area contributed by atoms with E-state index in [1.54, 1.807) is 12.4 Å². The summed E-state index contributed by atoms with van der Waals surface area (Å²) in [6.45, 7) is 4.73. The van der Waals surface area contributed by atoms with Crippen LogP contribution in [0.3, 0.4) is 0 Å². The Morgan fingerprint density at radius 2 is 2.08 bits per heavy atom. The highest BCUT2D eigenvalue weighted by atomic mass is 16.5. The molecule has 0 saturated heterocycles. The van der Waals surface area contributed by atoms with Crippen molar-refractivity contribution in [2.24, 2.45) is 0 Å². The molecule has 0 saturated carbocycles. The Kier molecular flexibility index (Phi) is 3.33. The number of hydrogen-bond acceptors (Lipinski definition) is 2. The summed E-state index contributed by atoms with van der Waals surface area (Å²) < 4.78 is 5.40. The van der Waals surface area contributed by atoms with E-state index in [0.29, 0.717) is 6.61 Å². The zero-order valence-corrected chi connectivity index (χ0v) is 7.45. The van der Waals surface area contributed by atoms with Gasteiger partial charge in [0.2, 0.25) is 0 Å². The third-order valence-corrected chi connectivity index (χ3v) is 1.39. The van der Waals surface area contributed by atoms with Crippen LogP contribution < -0.4 is 4.74 Å². The molecular weight excluding hydrogens is 150 g/mol. The van der Waals surface area contributed by atoms with E-state index in [-0.39, 0.29) is 0 Å². The lowest BCUT2D eigenvalue weighted by atomic mass is 10.3. The topological polar surface area (TPSA) is 22.1 Å². The van der Waals surface area contributed by atoms with Gasteiger partial charge in [-0.25, -0.2) is 0 Å². The van der Waals surface area contributed by atoms with E-state index in [1.807, 2.05) is 18.2 Å². The van der Waals surface area contributed by atoms with E-state index >= 15 is 0 Å². The molecule has 0 bridgehead atoms. The van der Waals surface area contributed by atoms with Crippen molar-refractivity contribution >= 4 is 0 Å². The number of allylic oxidation sites excluding steroid dienone is 1. The maximum Gasteiger partial charge on any atom is 0.122 e. The Balaban J connectivity index is 2.39. The quantitative estimate of drug-likeness (QED) is 0.638. The zero-order chi connectivity index (χ0) is 8.81. The highest BCUT2D eigenvalue weighted by Crippen LogP contribution is 2.06. The van der Waals surface area contributed by atoms with Crippen LogP contribution >= 0.6 is 0 Å². The molecular formula is C10H13NO. The molecule has 1 rings (SSSR count). The summed E-state index contributed by atoms with van der Waals surface area (Å²) in [6, 6.07) is 3.69. The van der Waals surface area contributed by atoms with Crippen molar-refractivity contribution in [3.63, 3.8) is 0 Å². The Bertz CT molecular complexity index is 250. The van der Waals surface area contributed by atoms with Crippen LogP contribution in [0.5, 0.6) is 5.75 Å². The van der Waals surface area contributed by atoms with Gasteiger partial charge in [0.1, 0.15) is 12.4 Å². The van der Waals surface area contributed by atoms with E-state index in [2.05, 4.69) is 18.8 Å². The molecule has 0 atom stereocenters. The third-order valence-electron chi connectivity index (χ3n) is 1.39. The summed E-state index contributed by atoms with van der Waals surface area (Å²) in [5.74, 6) is 0.863. The van der Waals surface area contributed by atoms with Crippen LogP contribution in [0, 0.1) is 0 Å². The summed E-state index contributed by atoms with van der Waals surface area (Å²) >= 11 is 0. The first-order valence-corrected chi connectivity index (χ1v) is 3.95. The fraction of sp³-hybridized carbons (Fsp3) is 0.300. The van der Waals surface area contributed by atoms with Crippen LogP contribution in [-0.2, 0) is 0 Å². The van der Waals surface area contributed by atoms with E-state index in [0.717, 1.165) is 5.75 Å². The van der Waals surface area contributed by atoms with Crippen molar-refractivity contribution in [2.45, 2.75) is 13.8 Å². The van der Waals surface area contributed by atoms with Gasteiger partial charge in [-0.1, -0.05) is 5.57 Å². The van der Waals surface area contributed by atoms with Gasteiger partial charge in [-0.3, -0.25) is 4.98 Å². The van der Waals surface area contributed by atoms with Crippen LogP contribution in [-0.4, -0.2) is 11.6 Å². The highest BCUT2D eigenvalue weighted by molar-refractivity contribution is 5.17. The molecule has 64 valence electrons. The van der Waals surface area contributed by atoms with Crippen molar-refractivity contribution in [3.05, 3.63) is 36.2 Å². The number of hydrogen-bond donors (Lipinski definition) is 0. The van der Waals surface area contributed by atoms with Crippen molar-refractivity contribution in [3.8, 4) is 5.75 Å². The van der Waals surface area contributed by atoms with Gasteiger partial charge in [0.15, 0.2) is 0 Å². The first-order valence-electron chi connectivity index (χ1n) is 3.95. The van der Waals surface area contributed by atoms with Gasteiger partial charge in [-0.15, -0.1) is 0 Å². The van der Waals surface area contributed by atoms with Crippen LogP contribution in [0.1, 0.15) is 13.8 Å². The SMILES string of the molecule is CC(C)=CCOc1ccncc1. The maximum absolute atomic E-state index is 5.40. The second kappa shape index (κ2) is 4.54. The molecule has 2 nitrogen and oxygen atoms in total. The number of nitrogens with zero attached hydrogens (tertiary/aromatic N) is 1. The minimum Gasteiger partial charge on any atom is -0.489 e. The minimum atomic E-state index is 0.631. The molecule has 2 heteroatoms. The van der Waals surface area contributed by atoms with E-state index in [9.17, 15) is 0 Å². The summed E-state index contributed by atoms with van der Waals surface area (Å²) in [6.07, 6.45) is 5.48. The average molecular weight is 163 g/mol. The first-order chi connectivity index (χ1) is 5.79. The Morgan fingerprint density at radius 3 is 2.67 bits per heavy atom. The molecule has 0 spiro atoms. The molecule has 0 fully saturated rings. The molecule has 0 amide bonds. The van der Waals surface area contributed by atoms with Gasteiger partial charge < -0.3 is 4.74 Å². The zero-order valence-electron chi connectivity index (χ0n) is 7.45. The fourth-order valence-electron chi connectivity index (χ4n) is 0.739. The summed E-state index contributed by atoms with van der Waals surface area (Å²) in [7, 11) is 0. The highest BCUT2D eigenvalue weighted by Gasteiger charge is 1.87. The van der Waals surface area contributed by atoms with Crippen LogP contribution in [0.15, 0.2) is 36.2 Å². The second-order valence-electron chi connectivity index (χ2n) is 2.78. The van der Waals surface area contributed by atoms with Gasteiger partial charge in [-0.05, 0) is 32.1 Å². The normalized spacial score (nSPS) is 9.17. The van der Waals surface area contributed by atoms with Crippen LogP contribution in [0.4, 0.5) is 0 Å². The lowest BCUT2D eigenvalue weighted by molar-refractivity contribution is 0.361. The lowest BCUT2D eigenvalue weighted by Crippen LogP contribution is -1.93.